The van der Waals surface area contributed by atoms with Crippen molar-refractivity contribution >= 4 is 12.4 Å². The third-order valence-electron chi connectivity index (χ3n) is 4.11. The number of hydrogen-bond donors (Lipinski definition) is 1. The Hall–Kier alpha value is -1.77. The normalized spacial score (nSPS) is 18.2. The highest BCUT2D eigenvalue weighted by Gasteiger charge is 2.27. The van der Waals surface area contributed by atoms with Crippen LogP contribution in [0.5, 0.6) is 5.75 Å². The van der Waals surface area contributed by atoms with E-state index in [1.807, 2.05) is 17.8 Å². The number of halogens is 4. The van der Waals surface area contributed by atoms with E-state index in [1.165, 1.54) is 12.1 Å². The predicted octanol–water partition coefficient (Wildman–Crippen LogP) is 2.73. The van der Waals surface area contributed by atoms with E-state index in [1.54, 1.807) is 12.3 Å². The van der Waals surface area contributed by atoms with Crippen molar-refractivity contribution in [3.8, 4) is 5.75 Å². The van der Waals surface area contributed by atoms with Crippen LogP contribution in [0.3, 0.4) is 0 Å². The highest BCUT2D eigenvalue weighted by Crippen LogP contribution is 2.25. The quantitative estimate of drug-likeness (QED) is 0.871. The summed E-state index contributed by atoms with van der Waals surface area (Å²) in [5.41, 5.74) is 0.704. The number of piperazine rings is 1. The van der Waals surface area contributed by atoms with Crippen LogP contribution in [0, 0.1) is 5.82 Å². The van der Waals surface area contributed by atoms with Crippen LogP contribution in [-0.4, -0.2) is 40.7 Å². The lowest BCUT2D eigenvalue weighted by molar-refractivity contribution is -0.0522. The smallest absolute Gasteiger partial charge is 0.387 e. The van der Waals surface area contributed by atoms with Crippen molar-refractivity contribution in [2.24, 2.45) is 7.05 Å². The fraction of sp³-hybridized carbons (Fsp3) is 0.438. The van der Waals surface area contributed by atoms with Gasteiger partial charge < -0.3 is 14.6 Å². The van der Waals surface area contributed by atoms with Gasteiger partial charge in [0.05, 0.1) is 6.04 Å². The maximum absolute atomic E-state index is 13.9. The topological polar surface area (TPSA) is 42.3 Å². The molecule has 2 aromatic rings. The first kappa shape index (κ1) is 19.6. The molecule has 3 rings (SSSR count). The first-order chi connectivity index (χ1) is 11.5. The third kappa shape index (κ3) is 4.65. The average Bonchev–Trinajstić information content (AvgIpc) is 2.96. The molecule has 1 unspecified atom stereocenters. The summed E-state index contributed by atoms with van der Waals surface area (Å²) in [7, 11) is 1.94. The lowest BCUT2D eigenvalue weighted by Gasteiger charge is -2.35. The molecule has 0 aliphatic carbocycles. The van der Waals surface area contributed by atoms with E-state index in [4.69, 9.17) is 0 Å². The number of benzene rings is 1. The molecule has 1 saturated heterocycles. The fourth-order valence-electron chi connectivity index (χ4n) is 2.96. The van der Waals surface area contributed by atoms with Crippen molar-refractivity contribution in [1.82, 2.24) is 19.8 Å². The van der Waals surface area contributed by atoms with E-state index in [0.717, 1.165) is 25.5 Å². The number of aromatic nitrogens is 2. The van der Waals surface area contributed by atoms with E-state index in [2.05, 4.69) is 19.9 Å². The van der Waals surface area contributed by atoms with Crippen LogP contribution in [0.1, 0.15) is 17.4 Å². The Labute approximate surface area is 150 Å². The third-order valence-corrected chi connectivity index (χ3v) is 4.11. The first-order valence-electron chi connectivity index (χ1n) is 7.70. The van der Waals surface area contributed by atoms with Crippen molar-refractivity contribution in [3.05, 3.63) is 47.8 Å². The fourth-order valence-corrected chi connectivity index (χ4v) is 2.96. The lowest BCUT2D eigenvalue weighted by Crippen LogP contribution is -2.46. The summed E-state index contributed by atoms with van der Waals surface area (Å²) in [6.07, 6.45) is 3.64. The molecule has 2 heterocycles. The summed E-state index contributed by atoms with van der Waals surface area (Å²) in [4.78, 5) is 6.60. The zero-order chi connectivity index (χ0) is 17.1. The van der Waals surface area contributed by atoms with Gasteiger partial charge in [-0.05, 0) is 17.7 Å². The van der Waals surface area contributed by atoms with Gasteiger partial charge in [-0.25, -0.2) is 9.37 Å². The van der Waals surface area contributed by atoms with Gasteiger partial charge in [0.25, 0.3) is 0 Å². The van der Waals surface area contributed by atoms with Crippen LogP contribution in [0.25, 0.3) is 0 Å². The zero-order valence-electron chi connectivity index (χ0n) is 13.7. The number of hydrogen-bond acceptors (Lipinski definition) is 4. The Kier molecular flexibility index (Phi) is 6.69. The summed E-state index contributed by atoms with van der Waals surface area (Å²) in [6, 6.07) is 4.17. The van der Waals surface area contributed by atoms with E-state index in [0.29, 0.717) is 12.1 Å². The minimum Gasteiger partial charge on any atom is -0.432 e. The molecule has 1 N–H and O–H groups in total. The second-order valence-corrected chi connectivity index (χ2v) is 5.73. The van der Waals surface area contributed by atoms with E-state index >= 15 is 0 Å². The van der Waals surface area contributed by atoms with Gasteiger partial charge in [-0.2, -0.15) is 8.78 Å². The Morgan fingerprint density at radius 2 is 2.20 bits per heavy atom. The van der Waals surface area contributed by atoms with Crippen molar-refractivity contribution < 1.29 is 17.9 Å². The summed E-state index contributed by atoms with van der Waals surface area (Å²) >= 11 is 0. The highest BCUT2D eigenvalue weighted by atomic mass is 35.5. The number of nitrogens with zero attached hydrogens (tertiary/aromatic N) is 3. The van der Waals surface area contributed by atoms with Crippen LogP contribution < -0.4 is 10.1 Å². The predicted molar refractivity (Wildman–Crippen MR) is 89.5 cm³/mol. The molecule has 1 aromatic heterocycles. The molecule has 138 valence electrons. The molecular formula is C16H20ClF3N4O. The number of imidazole rings is 1. The van der Waals surface area contributed by atoms with Gasteiger partial charge in [0.2, 0.25) is 0 Å². The van der Waals surface area contributed by atoms with Crippen LogP contribution in [0.4, 0.5) is 13.2 Å². The summed E-state index contributed by atoms with van der Waals surface area (Å²) < 4.78 is 44.4. The van der Waals surface area contributed by atoms with Crippen molar-refractivity contribution in [2.75, 3.05) is 19.6 Å². The number of aryl methyl sites for hydroxylation is 1. The standard InChI is InChI=1S/C16H19F3N4O.ClH/c1-22-6-5-21-15(22)13-9-20-4-7-23(13)10-11-2-3-14(12(17)8-11)24-16(18)19;/h2-3,5-6,8,13,16,20H,4,7,9-10H2,1H3;1H. The lowest BCUT2D eigenvalue weighted by atomic mass is 10.1. The molecule has 0 radical (unpaired) electrons. The molecular weight excluding hydrogens is 357 g/mol. The molecule has 0 amide bonds. The molecule has 9 heteroatoms. The second kappa shape index (κ2) is 8.55. The zero-order valence-corrected chi connectivity index (χ0v) is 14.5. The molecule has 0 saturated carbocycles. The van der Waals surface area contributed by atoms with Crippen LogP contribution >= 0.6 is 12.4 Å². The monoisotopic (exact) mass is 376 g/mol. The van der Waals surface area contributed by atoms with E-state index in [-0.39, 0.29) is 18.4 Å². The molecule has 25 heavy (non-hydrogen) atoms. The summed E-state index contributed by atoms with van der Waals surface area (Å²) in [5.74, 6) is -0.286. The maximum Gasteiger partial charge on any atom is 0.387 e. The summed E-state index contributed by atoms with van der Waals surface area (Å²) in [5, 5.41) is 3.34. The number of nitrogens with one attached hydrogen (secondary N) is 1. The van der Waals surface area contributed by atoms with Crippen LogP contribution in [0.15, 0.2) is 30.6 Å². The Balaban J connectivity index is 0.00000225. The van der Waals surface area contributed by atoms with Gasteiger partial charge in [-0.15, -0.1) is 12.4 Å². The highest BCUT2D eigenvalue weighted by molar-refractivity contribution is 5.85. The van der Waals surface area contributed by atoms with Crippen LogP contribution in [0.2, 0.25) is 0 Å². The number of alkyl halides is 2. The van der Waals surface area contributed by atoms with E-state index < -0.39 is 18.2 Å². The molecule has 1 aromatic carbocycles. The molecule has 0 bridgehead atoms. The minimum atomic E-state index is -3.04. The Morgan fingerprint density at radius 1 is 1.40 bits per heavy atom. The number of ether oxygens (including phenoxy) is 1. The molecule has 5 nitrogen and oxygen atoms in total. The Morgan fingerprint density at radius 3 is 2.84 bits per heavy atom. The number of rotatable bonds is 5. The Bertz CT molecular complexity index is 698. The molecule has 0 spiro atoms. The van der Waals surface area contributed by atoms with Crippen molar-refractivity contribution in [1.29, 1.82) is 0 Å². The maximum atomic E-state index is 13.9. The molecule has 1 fully saturated rings. The molecule has 1 aliphatic heterocycles. The minimum absolute atomic E-state index is 0. The van der Waals surface area contributed by atoms with Gasteiger partial charge in [-0.3, -0.25) is 4.90 Å². The summed E-state index contributed by atoms with van der Waals surface area (Å²) in [6.45, 7) is -0.165. The molecule has 1 atom stereocenters. The van der Waals surface area contributed by atoms with Gasteiger partial charge in [-0.1, -0.05) is 6.07 Å². The van der Waals surface area contributed by atoms with Gasteiger partial charge >= 0.3 is 6.61 Å². The largest absolute Gasteiger partial charge is 0.432 e. The van der Waals surface area contributed by atoms with Gasteiger partial charge in [0.1, 0.15) is 5.82 Å². The average molecular weight is 377 g/mol. The van der Waals surface area contributed by atoms with Gasteiger partial charge in [0.15, 0.2) is 11.6 Å². The SMILES string of the molecule is Cl.Cn1ccnc1C1CNCCN1Cc1ccc(OC(F)F)c(F)c1. The van der Waals surface area contributed by atoms with Crippen molar-refractivity contribution in [3.63, 3.8) is 0 Å². The first-order valence-corrected chi connectivity index (χ1v) is 7.70. The van der Waals surface area contributed by atoms with Crippen molar-refractivity contribution in [2.45, 2.75) is 19.2 Å². The van der Waals surface area contributed by atoms with E-state index in [9.17, 15) is 13.2 Å². The second-order valence-electron chi connectivity index (χ2n) is 5.73. The van der Waals surface area contributed by atoms with Gasteiger partial charge in [0, 0.05) is 45.6 Å². The van der Waals surface area contributed by atoms with Crippen LogP contribution in [-0.2, 0) is 13.6 Å². The molecule has 1 aliphatic rings.